The summed E-state index contributed by atoms with van der Waals surface area (Å²) in [4.78, 5) is 10.9. The van der Waals surface area contributed by atoms with Gasteiger partial charge in [0.15, 0.2) is 6.29 Å². The second-order valence-electron chi connectivity index (χ2n) is 3.55. The van der Waals surface area contributed by atoms with Crippen LogP contribution in [0, 0.1) is 0 Å². The quantitative estimate of drug-likeness (QED) is 0.766. The lowest BCUT2D eigenvalue weighted by Crippen LogP contribution is -2.02. The van der Waals surface area contributed by atoms with Crippen LogP contribution in [0.2, 0.25) is 5.02 Å². The van der Waals surface area contributed by atoms with Gasteiger partial charge in [-0.15, -0.1) is 0 Å². The SMILES string of the molecule is COCCn1cc(C=O)c2ccc(Cl)cc21. The fraction of sp³-hybridized carbons (Fsp3) is 0.250. The second kappa shape index (κ2) is 4.68. The standard InChI is InChI=1S/C12H12ClNO2/c1-16-5-4-14-7-9(8-15)11-3-2-10(13)6-12(11)14/h2-3,6-8H,4-5H2,1H3. The molecule has 2 rings (SSSR count). The first-order valence-corrected chi connectivity index (χ1v) is 5.36. The molecule has 4 heteroatoms. The Balaban J connectivity index is 2.55. The molecule has 0 aliphatic heterocycles. The highest BCUT2D eigenvalue weighted by atomic mass is 35.5. The first-order chi connectivity index (χ1) is 7.76. The monoisotopic (exact) mass is 237 g/mol. The van der Waals surface area contributed by atoms with Gasteiger partial charge in [0, 0.05) is 35.8 Å². The van der Waals surface area contributed by atoms with E-state index in [1.807, 2.05) is 22.9 Å². The number of carbonyl (C=O) groups is 1. The van der Waals surface area contributed by atoms with Gasteiger partial charge in [0.25, 0.3) is 0 Å². The summed E-state index contributed by atoms with van der Waals surface area (Å²) >= 11 is 5.94. The number of carbonyl (C=O) groups excluding carboxylic acids is 1. The topological polar surface area (TPSA) is 31.2 Å². The van der Waals surface area contributed by atoms with E-state index >= 15 is 0 Å². The van der Waals surface area contributed by atoms with Crippen molar-refractivity contribution in [2.24, 2.45) is 0 Å². The summed E-state index contributed by atoms with van der Waals surface area (Å²) in [5, 5.41) is 1.59. The molecule has 0 saturated carbocycles. The molecule has 0 radical (unpaired) electrons. The van der Waals surface area contributed by atoms with Crippen LogP contribution in [0.3, 0.4) is 0 Å². The van der Waals surface area contributed by atoms with E-state index in [1.54, 1.807) is 13.2 Å². The Kier molecular flexibility index (Phi) is 3.27. The molecular formula is C12H12ClNO2. The van der Waals surface area contributed by atoms with E-state index < -0.39 is 0 Å². The lowest BCUT2D eigenvalue weighted by atomic mass is 10.2. The summed E-state index contributed by atoms with van der Waals surface area (Å²) in [5.74, 6) is 0. The largest absolute Gasteiger partial charge is 0.383 e. The number of nitrogens with zero attached hydrogens (tertiary/aromatic N) is 1. The van der Waals surface area contributed by atoms with E-state index in [2.05, 4.69) is 0 Å². The second-order valence-corrected chi connectivity index (χ2v) is 3.99. The van der Waals surface area contributed by atoms with Gasteiger partial charge in [-0.25, -0.2) is 0 Å². The number of rotatable bonds is 4. The van der Waals surface area contributed by atoms with E-state index in [4.69, 9.17) is 16.3 Å². The van der Waals surface area contributed by atoms with Gasteiger partial charge in [-0.05, 0) is 12.1 Å². The average molecular weight is 238 g/mol. The van der Waals surface area contributed by atoms with Gasteiger partial charge < -0.3 is 9.30 Å². The number of ether oxygens (including phenoxy) is 1. The lowest BCUT2D eigenvalue weighted by Gasteiger charge is -2.03. The van der Waals surface area contributed by atoms with Crippen molar-refractivity contribution in [1.82, 2.24) is 4.57 Å². The molecule has 0 fully saturated rings. The van der Waals surface area contributed by atoms with Crippen LogP contribution >= 0.6 is 11.6 Å². The first-order valence-electron chi connectivity index (χ1n) is 4.99. The Hall–Kier alpha value is -1.32. The Morgan fingerprint density at radius 2 is 2.31 bits per heavy atom. The molecule has 0 aliphatic carbocycles. The van der Waals surface area contributed by atoms with Gasteiger partial charge in [-0.1, -0.05) is 17.7 Å². The highest BCUT2D eigenvalue weighted by Gasteiger charge is 2.07. The third-order valence-electron chi connectivity index (χ3n) is 2.54. The Bertz CT molecular complexity index is 519. The van der Waals surface area contributed by atoms with Gasteiger partial charge in [-0.3, -0.25) is 4.79 Å². The van der Waals surface area contributed by atoms with Crippen LogP contribution < -0.4 is 0 Å². The van der Waals surface area contributed by atoms with Crippen LogP contribution in [0.15, 0.2) is 24.4 Å². The van der Waals surface area contributed by atoms with E-state index in [0.29, 0.717) is 23.7 Å². The van der Waals surface area contributed by atoms with Crippen LogP contribution in [-0.2, 0) is 11.3 Å². The molecule has 0 N–H and O–H groups in total. The number of benzene rings is 1. The molecule has 1 aromatic carbocycles. The number of hydrogen-bond donors (Lipinski definition) is 0. The smallest absolute Gasteiger partial charge is 0.152 e. The summed E-state index contributed by atoms with van der Waals surface area (Å²) in [6, 6.07) is 5.52. The third-order valence-corrected chi connectivity index (χ3v) is 2.77. The van der Waals surface area contributed by atoms with Gasteiger partial charge in [0.2, 0.25) is 0 Å². The summed E-state index contributed by atoms with van der Waals surface area (Å²) < 4.78 is 7.01. The van der Waals surface area contributed by atoms with Crippen molar-refractivity contribution in [2.75, 3.05) is 13.7 Å². The van der Waals surface area contributed by atoms with Crippen LogP contribution in [0.1, 0.15) is 10.4 Å². The fourth-order valence-corrected chi connectivity index (χ4v) is 1.93. The summed E-state index contributed by atoms with van der Waals surface area (Å²) in [6.45, 7) is 1.32. The molecule has 3 nitrogen and oxygen atoms in total. The molecular weight excluding hydrogens is 226 g/mol. The highest BCUT2D eigenvalue weighted by molar-refractivity contribution is 6.31. The average Bonchev–Trinajstić information content (AvgIpc) is 2.64. The number of methoxy groups -OCH3 is 1. The minimum Gasteiger partial charge on any atom is -0.383 e. The number of halogens is 1. The molecule has 0 bridgehead atoms. The van der Waals surface area contributed by atoms with Crippen LogP contribution in [0.5, 0.6) is 0 Å². The van der Waals surface area contributed by atoms with Crippen LogP contribution in [0.25, 0.3) is 10.9 Å². The molecule has 16 heavy (non-hydrogen) atoms. The number of hydrogen-bond acceptors (Lipinski definition) is 2. The maximum absolute atomic E-state index is 10.9. The number of aldehydes is 1. The van der Waals surface area contributed by atoms with Gasteiger partial charge in [-0.2, -0.15) is 0 Å². The predicted molar refractivity (Wildman–Crippen MR) is 64.2 cm³/mol. The number of fused-ring (bicyclic) bond motifs is 1. The van der Waals surface area contributed by atoms with Crippen molar-refractivity contribution in [3.05, 3.63) is 35.0 Å². The van der Waals surface area contributed by atoms with Crippen molar-refractivity contribution in [2.45, 2.75) is 6.54 Å². The molecule has 0 amide bonds. The zero-order chi connectivity index (χ0) is 11.5. The van der Waals surface area contributed by atoms with Crippen molar-refractivity contribution in [3.8, 4) is 0 Å². The van der Waals surface area contributed by atoms with Crippen molar-refractivity contribution >= 4 is 28.8 Å². The van der Waals surface area contributed by atoms with Gasteiger partial charge in [0.1, 0.15) is 0 Å². The Labute approximate surface area is 98.6 Å². The molecule has 1 heterocycles. The highest BCUT2D eigenvalue weighted by Crippen LogP contribution is 2.23. The molecule has 1 aromatic heterocycles. The molecule has 0 atom stereocenters. The summed E-state index contributed by atoms with van der Waals surface area (Å²) in [5.41, 5.74) is 1.65. The predicted octanol–water partition coefficient (Wildman–Crippen LogP) is 2.75. The zero-order valence-electron chi connectivity index (χ0n) is 8.94. The van der Waals surface area contributed by atoms with E-state index in [9.17, 15) is 4.79 Å². The number of aromatic nitrogens is 1. The van der Waals surface area contributed by atoms with Crippen LogP contribution in [-0.4, -0.2) is 24.6 Å². The molecule has 0 unspecified atom stereocenters. The molecule has 2 aromatic rings. The van der Waals surface area contributed by atoms with Crippen molar-refractivity contribution in [3.63, 3.8) is 0 Å². The normalized spacial score (nSPS) is 10.9. The van der Waals surface area contributed by atoms with Gasteiger partial charge >= 0.3 is 0 Å². The van der Waals surface area contributed by atoms with Gasteiger partial charge in [0.05, 0.1) is 12.1 Å². The Morgan fingerprint density at radius 3 is 3.00 bits per heavy atom. The van der Waals surface area contributed by atoms with Crippen molar-refractivity contribution < 1.29 is 9.53 Å². The zero-order valence-corrected chi connectivity index (χ0v) is 9.70. The fourth-order valence-electron chi connectivity index (χ4n) is 1.76. The summed E-state index contributed by atoms with van der Waals surface area (Å²) in [6.07, 6.45) is 2.69. The first kappa shape index (κ1) is 11.2. The molecule has 0 spiro atoms. The lowest BCUT2D eigenvalue weighted by molar-refractivity contribution is 0.112. The maximum atomic E-state index is 10.9. The van der Waals surface area contributed by atoms with E-state index in [1.165, 1.54) is 0 Å². The molecule has 0 aliphatic rings. The van der Waals surface area contributed by atoms with Crippen LogP contribution in [0.4, 0.5) is 0 Å². The maximum Gasteiger partial charge on any atom is 0.152 e. The minimum absolute atomic E-state index is 0.606. The third kappa shape index (κ3) is 1.96. The minimum atomic E-state index is 0.606. The molecule has 84 valence electrons. The van der Waals surface area contributed by atoms with E-state index in [0.717, 1.165) is 17.2 Å². The molecule has 0 saturated heterocycles. The summed E-state index contributed by atoms with van der Waals surface area (Å²) in [7, 11) is 1.65. The Morgan fingerprint density at radius 1 is 1.50 bits per heavy atom. The van der Waals surface area contributed by atoms with Crippen molar-refractivity contribution in [1.29, 1.82) is 0 Å². The van der Waals surface area contributed by atoms with E-state index in [-0.39, 0.29) is 0 Å².